The Bertz CT molecular complexity index is 283. The highest BCUT2D eigenvalue weighted by atomic mass is 32.1. The van der Waals surface area contributed by atoms with Crippen LogP contribution in [0.25, 0.3) is 0 Å². The van der Waals surface area contributed by atoms with Crippen LogP contribution in [0.15, 0.2) is 5.38 Å². The van der Waals surface area contributed by atoms with Crippen molar-refractivity contribution in [3.8, 4) is 0 Å². The Balaban J connectivity index is 2.74. The van der Waals surface area contributed by atoms with E-state index in [4.69, 9.17) is 4.74 Å². The van der Waals surface area contributed by atoms with Crippen LogP contribution < -0.4 is 5.32 Å². The van der Waals surface area contributed by atoms with Crippen molar-refractivity contribution in [3.63, 3.8) is 0 Å². The third-order valence-corrected chi connectivity index (χ3v) is 3.13. The molecule has 14 heavy (non-hydrogen) atoms. The van der Waals surface area contributed by atoms with E-state index in [0.29, 0.717) is 6.61 Å². The standard InChI is InChI=1S/C10H18N2OS/c1-5-13-10(2,3)9-12-8(6-11-4)7-14-9/h7,11H,5-6H2,1-4H3. The summed E-state index contributed by atoms with van der Waals surface area (Å²) in [4.78, 5) is 4.52. The maximum atomic E-state index is 5.63. The molecular formula is C10H18N2OS. The first-order chi connectivity index (χ1) is 6.60. The summed E-state index contributed by atoms with van der Waals surface area (Å²) in [6.07, 6.45) is 0. The molecule has 0 spiro atoms. The van der Waals surface area contributed by atoms with Gasteiger partial charge in [0.05, 0.1) is 5.69 Å². The Hall–Kier alpha value is -0.450. The minimum atomic E-state index is -0.259. The fourth-order valence-corrected chi connectivity index (χ4v) is 2.16. The van der Waals surface area contributed by atoms with Crippen LogP contribution in [0.5, 0.6) is 0 Å². The van der Waals surface area contributed by atoms with Gasteiger partial charge in [-0.15, -0.1) is 11.3 Å². The Morgan fingerprint density at radius 3 is 2.86 bits per heavy atom. The van der Waals surface area contributed by atoms with Gasteiger partial charge >= 0.3 is 0 Å². The molecule has 1 N–H and O–H groups in total. The smallest absolute Gasteiger partial charge is 0.124 e. The first-order valence-electron chi connectivity index (χ1n) is 4.83. The van der Waals surface area contributed by atoms with Crippen molar-refractivity contribution in [2.75, 3.05) is 13.7 Å². The van der Waals surface area contributed by atoms with Gasteiger partial charge in [0.2, 0.25) is 0 Å². The number of thiazole rings is 1. The van der Waals surface area contributed by atoms with E-state index < -0.39 is 0 Å². The minimum absolute atomic E-state index is 0.259. The molecule has 0 unspecified atom stereocenters. The second-order valence-corrected chi connectivity index (χ2v) is 4.48. The Labute approximate surface area is 89.5 Å². The molecule has 1 heterocycles. The number of hydrogen-bond donors (Lipinski definition) is 1. The molecule has 4 heteroatoms. The Morgan fingerprint density at radius 2 is 2.29 bits per heavy atom. The number of hydrogen-bond acceptors (Lipinski definition) is 4. The van der Waals surface area contributed by atoms with Gasteiger partial charge in [-0.25, -0.2) is 4.98 Å². The highest BCUT2D eigenvalue weighted by molar-refractivity contribution is 7.09. The van der Waals surface area contributed by atoms with Crippen molar-refractivity contribution < 1.29 is 4.74 Å². The van der Waals surface area contributed by atoms with Crippen LogP contribution in [0.2, 0.25) is 0 Å². The maximum Gasteiger partial charge on any atom is 0.124 e. The van der Waals surface area contributed by atoms with Gasteiger partial charge in [0, 0.05) is 18.5 Å². The number of nitrogens with one attached hydrogen (secondary N) is 1. The summed E-state index contributed by atoms with van der Waals surface area (Å²) in [5, 5.41) is 6.21. The molecule has 0 aliphatic carbocycles. The van der Waals surface area contributed by atoms with Crippen LogP contribution >= 0.6 is 11.3 Å². The number of aromatic nitrogens is 1. The van der Waals surface area contributed by atoms with Gasteiger partial charge in [-0.2, -0.15) is 0 Å². The predicted molar refractivity (Wildman–Crippen MR) is 59.5 cm³/mol. The van der Waals surface area contributed by atoms with Crippen LogP contribution in [-0.2, 0) is 16.9 Å². The van der Waals surface area contributed by atoms with E-state index >= 15 is 0 Å². The van der Waals surface area contributed by atoms with Crippen LogP contribution in [-0.4, -0.2) is 18.6 Å². The second-order valence-electron chi connectivity index (χ2n) is 3.62. The lowest BCUT2D eigenvalue weighted by Crippen LogP contribution is -2.21. The van der Waals surface area contributed by atoms with Gasteiger partial charge in [0.1, 0.15) is 10.6 Å². The lowest BCUT2D eigenvalue weighted by molar-refractivity contribution is -0.0142. The molecule has 1 aromatic heterocycles. The summed E-state index contributed by atoms with van der Waals surface area (Å²) in [5.74, 6) is 0. The first kappa shape index (κ1) is 11.6. The molecule has 1 rings (SSSR count). The quantitative estimate of drug-likeness (QED) is 0.815. The first-order valence-corrected chi connectivity index (χ1v) is 5.71. The number of nitrogens with zero attached hydrogens (tertiary/aromatic N) is 1. The van der Waals surface area contributed by atoms with Gasteiger partial charge in [-0.05, 0) is 27.8 Å². The monoisotopic (exact) mass is 214 g/mol. The SMILES string of the molecule is CCOC(C)(C)c1nc(CNC)cs1. The molecular weight excluding hydrogens is 196 g/mol. The van der Waals surface area contributed by atoms with Crippen LogP contribution in [0.1, 0.15) is 31.5 Å². The zero-order valence-electron chi connectivity index (χ0n) is 9.26. The Kier molecular flexibility index (Phi) is 4.04. The van der Waals surface area contributed by atoms with Gasteiger partial charge in [0.25, 0.3) is 0 Å². The number of ether oxygens (including phenoxy) is 1. The number of rotatable bonds is 5. The van der Waals surface area contributed by atoms with Crippen molar-refractivity contribution in [3.05, 3.63) is 16.1 Å². The van der Waals surface area contributed by atoms with E-state index in [9.17, 15) is 0 Å². The Morgan fingerprint density at radius 1 is 1.57 bits per heavy atom. The average molecular weight is 214 g/mol. The molecule has 80 valence electrons. The van der Waals surface area contributed by atoms with Gasteiger partial charge in [0.15, 0.2) is 0 Å². The molecule has 0 aliphatic heterocycles. The molecule has 1 aromatic rings. The third-order valence-electron chi connectivity index (χ3n) is 1.93. The van der Waals surface area contributed by atoms with Gasteiger partial charge in [-0.1, -0.05) is 0 Å². The molecule has 0 fully saturated rings. The van der Waals surface area contributed by atoms with Crippen LogP contribution in [0, 0.1) is 0 Å². The summed E-state index contributed by atoms with van der Waals surface area (Å²) < 4.78 is 5.63. The van der Waals surface area contributed by atoms with E-state index in [1.807, 2.05) is 14.0 Å². The topological polar surface area (TPSA) is 34.1 Å². The van der Waals surface area contributed by atoms with Crippen LogP contribution in [0.4, 0.5) is 0 Å². The van der Waals surface area contributed by atoms with Crippen molar-refractivity contribution in [1.82, 2.24) is 10.3 Å². The highest BCUT2D eigenvalue weighted by Gasteiger charge is 2.24. The molecule has 0 radical (unpaired) electrons. The lowest BCUT2D eigenvalue weighted by atomic mass is 10.1. The predicted octanol–water partition coefficient (Wildman–Crippen LogP) is 2.13. The van der Waals surface area contributed by atoms with Crippen molar-refractivity contribution in [2.24, 2.45) is 0 Å². The molecule has 3 nitrogen and oxygen atoms in total. The lowest BCUT2D eigenvalue weighted by Gasteiger charge is -2.21. The van der Waals surface area contributed by atoms with Crippen molar-refractivity contribution >= 4 is 11.3 Å². The summed E-state index contributed by atoms with van der Waals surface area (Å²) in [6, 6.07) is 0. The summed E-state index contributed by atoms with van der Waals surface area (Å²) in [6.45, 7) is 7.65. The molecule has 0 amide bonds. The zero-order valence-corrected chi connectivity index (χ0v) is 10.1. The fraction of sp³-hybridized carbons (Fsp3) is 0.700. The van der Waals surface area contributed by atoms with E-state index in [2.05, 4.69) is 29.5 Å². The zero-order chi connectivity index (χ0) is 10.6. The summed E-state index contributed by atoms with van der Waals surface area (Å²) in [5.41, 5.74) is 0.825. The molecule has 0 saturated heterocycles. The van der Waals surface area contributed by atoms with Gasteiger partial charge < -0.3 is 10.1 Å². The average Bonchev–Trinajstić information content (AvgIpc) is 2.54. The van der Waals surface area contributed by atoms with Crippen molar-refractivity contribution in [1.29, 1.82) is 0 Å². The van der Waals surface area contributed by atoms with E-state index in [-0.39, 0.29) is 5.60 Å². The minimum Gasteiger partial charge on any atom is -0.369 e. The second kappa shape index (κ2) is 4.87. The van der Waals surface area contributed by atoms with Crippen molar-refractivity contribution in [2.45, 2.75) is 32.9 Å². The molecule has 0 aromatic carbocycles. The largest absolute Gasteiger partial charge is 0.369 e. The normalized spacial score (nSPS) is 12.0. The molecule has 0 saturated carbocycles. The molecule has 0 atom stereocenters. The van der Waals surface area contributed by atoms with E-state index in [1.54, 1.807) is 11.3 Å². The fourth-order valence-electron chi connectivity index (χ4n) is 1.27. The molecule has 0 aliphatic rings. The van der Waals surface area contributed by atoms with Crippen LogP contribution in [0.3, 0.4) is 0 Å². The van der Waals surface area contributed by atoms with Gasteiger partial charge in [-0.3, -0.25) is 0 Å². The van der Waals surface area contributed by atoms with E-state index in [1.165, 1.54) is 0 Å². The molecule has 0 bridgehead atoms. The summed E-state index contributed by atoms with van der Waals surface area (Å²) in [7, 11) is 1.92. The summed E-state index contributed by atoms with van der Waals surface area (Å²) >= 11 is 1.66. The third kappa shape index (κ3) is 2.77. The maximum absolute atomic E-state index is 5.63. The highest BCUT2D eigenvalue weighted by Crippen LogP contribution is 2.27. The van der Waals surface area contributed by atoms with E-state index in [0.717, 1.165) is 17.2 Å².